The summed E-state index contributed by atoms with van der Waals surface area (Å²) in [4.78, 5) is 36.7. The summed E-state index contributed by atoms with van der Waals surface area (Å²) < 4.78 is 19.3. The fraction of sp³-hybridized carbons (Fsp3) is 0.348. The lowest BCUT2D eigenvalue weighted by atomic mass is 10.1. The molecule has 0 saturated carbocycles. The van der Waals surface area contributed by atoms with E-state index in [1.807, 2.05) is 43.3 Å². The molecule has 3 aromatic rings. The van der Waals surface area contributed by atoms with Gasteiger partial charge in [0.15, 0.2) is 35.6 Å². The number of fused-ring (bicyclic) bond motifs is 2. The molecule has 0 bridgehead atoms. The minimum absolute atomic E-state index is 0.221. The van der Waals surface area contributed by atoms with Crippen molar-refractivity contribution in [3.8, 4) is 0 Å². The van der Waals surface area contributed by atoms with E-state index in [-0.39, 0.29) is 5.82 Å². The number of carbonyl (C=O) groups is 2. The number of carboxylic acid groups (broad SMARTS) is 1. The molecule has 0 aliphatic carbocycles. The predicted molar refractivity (Wildman–Crippen MR) is 123 cm³/mol. The van der Waals surface area contributed by atoms with Gasteiger partial charge >= 0.3 is 12.0 Å². The number of rotatable bonds is 7. The Bertz CT molecular complexity index is 1250. The number of aliphatic carboxylic acids is 1. The summed E-state index contributed by atoms with van der Waals surface area (Å²) in [5, 5.41) is 15.1. The third-order valence-electron chi connectivity index (χ3n) is 5.66. The number of aromatic nitrogens is 4. The van der Waals surface area contributed by atoms with E-state index in [1.54, 1.807) is 10.6 Å². The number of ether oxygens (including phenoxy) is 3. The van der Waals surface area contributed by atoms with Crippen LogP contribution in [0.1, 0.15) is 25.1 Å². The highest BCUT2D eigenvalue weighted by molar-refractivity contribution is 5.95. The number of hydrogen-bond donors (Lipinski definition) is 3. The number of imidazole rings is 1. The molecule has 0 radical (unpaired) electrons. The molecule has 4 heterocycles. The highest BCUT2D eigenvalue weighted by Gasteiger charge is 2.56. The number of amides is 2. The Balaban J connectivity index is 1.40. The van der Waals surface area contributed by atoms with Crippen LogP contribution in [0.15, 0.2) is 49.1 Å². The van der Waals surface area contributed by atoms with Crippen molar-refractivity contribution in [3.05, 3.63) is 54.6 Å². The molecule has 12 nitrogen and oxygen atoms in total. The third kappa shape index (κ3) is 4.58. The van der Waals surface area contributed by atoms with Crippen LogP contribution in [-0.4, -0.2) is 67.8 Å². The van der Waals surface area contributed by atoms with E-state index < -0.39 is 42.8 Å². The molecule has 3 N–H and O–H groups in total. The first-order chi connectivity index (χ1) is 17.0. The van der Waals surface area contributed by atoms with Crippen LogP contribution in [0.25, 0.3) is 17.2 Å². The number of nitrogens with one attached hydrogen (secondary N) is 2. The van der Waals surface area contributed by atoms with E-state index in [4.69, 9.17) is 14.2 Å². The monoisotopic (exact) mass is 480 g/mol. The van der Waals surface area contributed by atoms with Gasteiger partial charge in [-0.3, -0.25) is 9.88 Å². The Morgan fingerprint density at radius 1 is 1.11 bits per heavy atom. The molecule has 2 saturated heterocycles. The maximum atomic E-state index is 12.1. The Kier molecular flexibility index (Phi) is 6.40. The summed E-state index contributed by atoms with van der Waals surface area (Å²) in [7, 11) is 0. The van der Waals surface area contributed by atoms with Gasteiger partial charge in [-0.1, -0.05) is 43.3 Å². The maximum absolute atomic E-state index is 12.1. The van der Waals surface area contributed by atoms with Crippen LogP contribution in [-0.2, 0) is 19.0 Å². The lowest BCUT2D eigenvalue weighted by molar-refractivity contribution is -0.166. The van der Waals surface area contributed by atoms with Crippen molar-refractivity contribution in [3.63, 3.8) is 0 Å². The number of anilines is 1. The molecule has 2 amide bonds. The average Bonchev–Trinajstić information content (AvgIpc) is 3.56. The first kappa shape index (κ1) is 22.9. The quantitative estimate of drug-likeness (QED) is 0.462. The molecule has 5 rings (SSSR count). The molecule has 2 aliphatic rings. The smallest absolute Gasteiger partial charge is 0.335 e. The summed E-state index contributed by atoms with van der Waals surface area (Å²) in [6.45, 7) is 2.46. The van der Waals surface area contributed by atoms with E-state index in [9.17, 15) is 14.7 Å². The summed E-state index contributed by atoms with van der Waals surface area (Å²) in [6.07, 6.45) is 2.70. The molecule has 2 aromatic heterocycles. The minimum atomic E-state index is -1.24. The van der Waals surface area contributed by atoms with Crippen LogP contribution in [0.2, 0.25) is 0 Å². The van der Waals surface area contributed by atoms with Crippen molar-refractivity contribution in [1.82, 2.24) is 24.8 Å². The second kappa shape index (κ2) is 9.78. The van der Waals surface area contributed by atoms with Crippen molar-refractivity contribution in [1.29, 1.82) is 0 Å². The van der Waals surface area contributed by atoms with Crippen LogP contribution >= 0.6 is 0 Å². The molecule has 12 heteroatoms. The van der Waals surface area contributed by atoms with E-state index in [0.29, 0.717) is 17.7 Å². The fourth-order valence-corrected chi connectivity index (χ4v) is 4.06. The van der Waals surface area contributed by atoms with Crippen LogP contribution in [0.4, 0.5) is 10.6 Å². The van der Waals surface area contributed by atoms with Crippen molar-refractivity contribution < 1.29 is 28.9 Å². The second-order valence-electron chi connectivity index (χ2n) is 8.05. The van der Waals surface area contributed by atoms with E-state index in [1.165, 1.54) is 12.7 Å². The zero-order valence-corrected chi connectivity index (χ0v) is 18.8. The van der Waals surface area contributed by atoms with E-state index in [0.717, 1.165) is 12.0 Å². The SMILES string of the molecule is CCCNC(=O)Nc1ncnc2c1ncn2C1OC(C(=O)O)C2OC(/C=C/c3ccccc3)OC21. The Hall–Kier alpha value is -3.87. The van der Waals surface area contributed by atoms with E-state index >= 15 is 0 Å². The lowest BCUT2D eigenvalue weighted by Crippen LogP contribution is -2.34. The Morgan fingerprint density at radius 2 is 1.91 bits per heavy atom. The summed E-state index contributed by atoms with van der Waals surface area (Å²) in [5.41, 5.74) is 1.64. The van der Waals surface area contributed by atoms with Gasteiger partial charge in [0.05, 0.1) is 6.33 Å². The second-order valence-corrected chi connectivity index (χ2v) is 8.05. The maximum Gasteiger partial charge on any atom is 0.335 e. The molecule has 5 unspecified atom stereocenters. The molecule has 35 heavy (non-hydrogen) atoms. The average molecular weight is 480 g/mol. The molecule has 2 aliphatic heterocycles. The molecule has 2 fully saturated rings. The molecule has 1 aromatic carbocycles. The third-order valence-corrected chi connectivity index (χ3v) is 5.66. The highest BCUT2D eigenvalue weighted by atomic mass is 16.8. The molecule has 0 spiro atoms. The number of benzene rings is 1. The molecule has 182 valence electrons. The van der Waals surface area contributed by atoms with Gasteiger partial charge in [0.25, 0.3) is 0 Å². The van der Waals surface area contributed by atoms with Gasteiger partial charge in [-0.25, -0.2) is 24.5 Å². The predicted octanol–water partition coefficient (Wildman–Crippen LogP) is 2.16. The molecular formula is C23H24N6O6. The molecule has 5 atom stereocenters. The summed E-state index contributed by atoms with van der Waals surface area (Å²) in [5.74, 6) is -0.938. The minimum Gasteiger partial charge on any atom is -0.479 e. The van der Waals surface area contributed by atoms with Gasteiger partial charge in [-0.2, -0.15) is 0 Å². The standard InChI is InChI=1S/C23H24N6O6/c1-2-10-24-23(32)28-19-15-20(26-11-25-19)29(12-27-15)21-17-16(18(35-21)22(30)31)33-14(34-17)9-8-13-6-4-3-5-7-13/h3-9,11-12,14,16-18,21H,2,10H2,1H3,(H,30,31)(H2,24,25,26,28,32)/b9-8+. The number of carbonyl (C=O) groups excluding carboxylic acids is 1. The number of carboxylic acids is 1. The van der Waals surface area contributed by atoms with Crippen LogP contribution < -0.4 is 10.6 Å². The topological polar surface area (TPSA) is 150 Å². The van der Waals surface area contributed by atoms with Gasteiger partial charge in [-0.05, 0) is 18.1 Å². The zero-order valence-electron chi connectivity index (χ0n) is 18.8. The number of nitrogens with zero attached hydrogens (tertiary/aromatic N) is 4. The van der Waals surface area contributed by atoms with Gasteiger partial charge in [-0.15, -0.1) is 0 Å². The van der Waals surface area contributed by atoms with Gasteiger partial charge in [0.2, 0.25) is 0 Å². The van der Waals surface area contributed by atoms with Crippen LogP contribution in [0, 0.1) is 0 Å². The van der Waals surface area contributed by atoms with Crippen molar-refractivity contribution in [2.45, 2.75) is 44.2 Å². The fourth-order valence-electron chi connectivity index (χ4n) is 4.06. The van der Waals surface area contributed by atoms with Crippen LogP contribution in [0.3, 0.4) is 0 Å². The number of hydrogen-bond acceptors (Lipinski definition) is 8. The lowest BCUT2D eigenvalue weighted by Gasteiger charge is -2.19. The van der Waals surface area contributed by atoms with Crippen molar-refractivity contribution >= 4 is 35.1 Å². The summed E-state index contributed by atoms with van der Waals surface area (Å²) >= 11 is 0. The normalized spacial score (nSPS) is 25.7. The van der Waals surface area contributed by atoms with E-state index in [2.05, 4.69) is 25.6 Å². The number of urea groups is 1. The van der Waals surface area contributed by atoms with Gasteiger partial charge in [0.1, 0.15) is 18.5 Å². The zero-order chi connectivity index (χ0) is 24.4. The van der Waals surface area contributed by atoms with Gasteiger partial charge < -0.3 is 24.6 Å². The Morgan fingerprint density at radius 3 is 2.69 bits per heavy atom. The summed E-state index contributed by atoms with van der Waals surface area (Å²) in [6, 6.07) is 9.20. The van der Waals surface area contributed by atoms with Gasteiger partial charge in [0, 0.05) is 6.54 Å². The van der Waals surface area contributed by atoms with Crippen molar-refractivity contribution in [2.24, 2.45) is 0 Å². The first-order valence-corrected chi connectivity index (χ1v) is 11.2. The van der Waals surface area contributed by atoms with Crippen LogP contribution in [0.5, 0.6) is 0 Å². The largest absolute Gasteiger partial charge is 0.479 e. The van der Waals surface area contributed by atoms with Crippen molar-refractivity contribution in [2.75, 3.05) is 11.9 Å². The highest BCUT2D eigenvalue weighted by Crippen LogP contribution is 2.41. The first-order valence-electron chi connectivity index (χ1n) is 11.2. The molecular weight excluding hydrogens is 456 g/mol. The Labute approximate surface area is 199 Å².